The number of nitriles is 1. The molecule has 0 fully saturated rings. The van der Waals surface area contributed by atoms with Crippen LogP contribution in [0.15, 0.2) is 24.4 Å². The van der Waals surface area contributed by atoms with Gasteiger partial charge in [0, 0.05) is 25.1 Å². The van der Waals surface area contributed by atoms with E-state index in [9.17, 15) is 4.79 Å². The summed E-state index contributed by atoms with van der Waals surface area (Å²) < 4.78 is 6.95. The predicted octanol–water partition coefficient (Wildman–Crippen LogP) is 2.94. The molecule has 0 atom stereocenters. The second-order valence-electron chi connectivity index (χ2n) is 4.73. The van der Waals surface area contributed by atoms with Crippen LogP contribution in [0.1, 0.15) is 30.9 Å². The molecule has 0 saturated carbocycles. The number of carbonyl (C=O) groups excluding carboxylic acids is 1. The van der Waals surface area contributed by atoms with Gasteiger partial charge in [-0.3, -0.25) is 4.79 Å². The van der Waals surface area contributed by atoms with Gasteiger partial charge in [-0.1, -0.05) is 6.07 Å². The van der Waals surface area contributed by atoms with Gasteiger partial charge in [-0.25, -0.2) is 0 Å². The van der Waals surface area contributed by atoms with Crippen LogP contribution in [0.25, 0.3) is 10.9 Å². The van der Waals surface area contributed by atoms with Crippen molar-refractivity contribution in [3.63, 3.8) is 0 Å². The van der Waals surface area contributed by atoms with Crippen LogP contribution in [0, 0.1) is 11.3 Å². The Morgan fingerprint density at radius 3 is 2.90 bits per heavy atom. The third kappa shape index (κ3) is 2.83. The smallest absolute Gasteiger partial charge is 0.305 e. The van der Waals surface area contributed by atoms with E-state index in [0.717, 1.165) is 29.3 Å². The van der Waals surface area contributed by atoms with E-state index in [4.69, 9.17) is 10.00 Å². The lowest BCUT2D eigenvalue weighted by Crippen LogP contribution is -2.04. The van der Waals surface area contributed by atoms with Gasteiger partial charge in [-0.2, -0.15) is 5.26 Å². The number of carbonyl (C=O) groups is 1. The molecule has 1 aromatic carbocycles. The van der Waals surface area contributed by atoms with Gasteiger partial charge < -0.3 is 9.30 Å². The third-order valence-electron chi connectivity index (χ3n) is 3.37. The molecule has 0 unspecified atom stereocenters. The van der Waals surface area contributed by atoms with Crippen LogP contribution in [0.4, 0.5) is 0 Å². The van der Waals surface area contributed by atoms with Crippen molar-refractivity contribution in [2.45, 2.75) is 26.2 Å². The third-order valence-corrected chi connectivity index (χ3v) is 3.37. The summed E-state index contributed by atoms with van der Waals surface area (Å²) >= 11 is 0. The Labute approximate surface area is 118 Å². The largest absolute Gasteiger partial charge is 0.466 e. The van der Waals surface area contributed by atoms with Gasteiger partial charge >= 0.3 is 5.97 Å². The lowest BCUT2D eigenvalue weighted by Gasteiger charge is -2.07. The molecule has 1 heterocycles. The van der Waals surface area contributed by atoms with Crippen LogP contribution in [0.3, 0.4) is 0 Å². The van der Waals surface area contributed by atoms with E-state index in [1.807, 2.05) is 42.9 Å². The summed E-state index contributed by atoms with van der Waals surface area (Å²) in [6.07, 6.45) is 3.95. The van der Waals surface area contributed by atoms with E-state index >= 15 is 0 Å². The van der Waals surface area contributed by atoms with E-state index in [0.29, 0.717) is 18.6 Å². The highest BCUT2D eigenvalue weighted by Crippen LogP contribution is 2.24. The quantitative estimate of drug-likeness (QED) is 0.785. The Kier molecular flexibility index (Phi) is 4.41. The Morgan fingerprint density at radius 1 is 1.40 bits per heavy atom. The zero-order chi connectivity index (χ0) is 14.5. The summed E-state index contributed by atoms with van der Waals surface area (Å²) in [7, 11) is 1.97. The average Bonchev–Trinajstić information content (AvgIpc) is 2.82. The van der Waals surface area contributed by atoms with Gasteiger partial charge in [0.2, 0.25) is 0 Å². The average molecular weight is 270 g/mol. The molecule has 104 valence electrons. The number of hydrogen-bond donors (Lipinski definition) is 0. The number of rotatable bonds is 5. The first-order valence-electron chi connectivity index (χ1n) is 6.80. The fourth-order valence-corrected chi connectivity index (χ4v) is 2.45. The molecule has 0 saturated heterocycles. The first-order chi connectivity index (χ1) is 9.67. The molecular weight excluding hydrogens is 252 g/mol. The lowest BCUT2D eigenvalue weighted by atomic mass is 10.0. The maximum Gasteiger partial charge on any atom is 0.305 e. The molecule has 20 heavy (non-hydrogen) atoms. The SMILES string of the molecule is CCOC(=O)CCCc1ccc(C#N)c2ccn(C)c12. The molecule has 0 N–H and O–H groups in total. The van der Waals surface area contributed by atoms with Crippen molar-refractivity contribution in [3.8, 4) is 6.07 Å². The van der Waals surface area contributed by atoms with Crippen LogP contribution in [-0.2, 0) is 23.0 Å². The molecule has 0 aliphatic carbocycles. The first kappa shape index (κ1) is 14.1. The maximum absolute atomic E-state index is 11.3. The summed E-state index contributed by atoms with van der Waals surface area (Å²) in [5.74, 6) is -0.149. The van der Waals surface area contributed by atoms with Crippen LogP contribution in [0.5, 0.6) is 0 Å². The summed E-state index contributed by atoms with van der Waals surface area (Å²) in [6.45, 7) is 2.24. The molecule has 0 amide bonds. The van der Waals surface area contributed by atoms with Crippen LogP contribution < -0.4 is 0 Å². The van der Waals surface area contributed by atoms with Crippen molar-refractivity contribution in [2.24, 2.45) is 7.05 Å². The van der Waals surface area contributed by atoms with Gasteiger partial charge in [0.05, 0.1) is 23.8 Å². The zero-order valence-electron chi connectivity index (χ0n) is 11.8. The van der Waals surface area contributed by atoms with E-state index in [-0.39, 0.29) is 5.97 Å². The molecule has 0 spiro atoms. The zero-order valence-corrected chi connectivity index (χ0v) is 11.8. The highest BCUT2D eigenvalue weighted by molar-refractivity contribution is 5.88. The second kappa shape index (κ2) is 6.25. The van der Waals surface area contributed by atoms with E-state index in [2.05, 4.69) is 6.07 Å². The summed E-state index contributed by atoms with van der Waals surface area (Å²) in [5.41, 5.74) is 2.93. The molecule has 1 aromatic heterocycles. The Balaban J connectivity index is 2.17. The van der Waals surface area contributed by atoms with Crippen molar-refractivity contribution >= 4 is 16.9 Å². The molecule has 4 heteroatoms. The van der Waals surface area contributed by atoms with E-state index in [1.165, 1.54) is 0 Å². The molecule has 0 radical (unpaired) electrons. The standard InChI is InChI=1S/C16H18N2O2/c1-3-20-15(19)6-4-5-12-7-8-13(11-17)14-9-10-18(2)16(12)14/h7-10H,3-6H2,1-2H3. The molecular formula is C16H18N2O2. The normalized spacial score (nSPS) is 10.4. The van der Waals surface area contributed by atoms with Gasteiger partial charge in [-0.05, 0) is 37.5 Å². The minimum Gasteiger partial charge on any atom is -0.466 e. The first-order valence-corrected chi connectivity index (χ1v) is 6.80. The number of esters is 1. The predicted molar refractivity (Wildman–Crippen MR) is 77.2 cm³/mol. The number of aromatic nitrogens is 1. The highest BCUT2D eigenvalue weighted by Gasteiger charge is 2.10. The van der Waals surface area contributed by atoms with E-state index in [1.54, 1.807) is 0 Å². The minimum absolute atomic E-state index is 0.149. The van der Waals surface area contributed by atoms with Crippen LogP contribution in [0.2, 0.25) is 0 Å². The number of fused-ring (bicyclic) bond motifs is 1. The number of nitrogens with zero attached hydrogens (tertiary/aromatic N) is 2. The Morgan fingerprint density at radius 2 is 2.20 bits per heavy atom. The summed E-state index contributed by atoms with van der Waals surface area (Å²) in [6, 6.07) is 8.00. The Hall–Kier alpha value is -2.28. The molecule has 2 rings (SSSR count). The van der Waals surface area contributed by atoms with Crippen molar-refractivity contribution in [1.29, 1.82) is 5.26 Å². The fraction of sp³-hybridized carbons (Fsp3) is 0.375. The van der Waals surface area contributed by atoms with E-state index < -0.39 is 0 Å². The summed E-state index contributed by atoms with van der Waals surface area (Å²) in [4.78, 5) is 11.3. The molecule has 0 aliphatic heterocycles. The van der Waals surface area contributed by atoms with Crippen molar-refractivity contribution in [1.82, 2.24) is 4.57 Å². The molecule has 4 nitrogen and oxygen atoms in total. The second-order valence-corrected chi connectivity index (χ2v) is 4.73. The Bertz CT molecular complexity index is 665. The van der Waals surface area contributed by atoms with Gasteiger partial charge in [0.15, 0.2) is 0 Å². The van der Waals surface area contributed by atoms with Gasteiger partial charge in [-0.15, -0.1) is 0 Å². The molecule has 2 aromatic rings. The maximum atomic E-state index is 11.3. The van der Waals surface area contributed by atoms with Crippen LogP contribution in [-0.4, -0.2) is 17.1 Å². The number of benzene rings is 1. The van der Waals surface area contributed by atoms with Crippen molar-refractivity contribution in [3.05, 3.63) is 35.5 Å². The van der Waals surface area contributed by atoms with Gasteiger partial charge in [0.1, 0.15) is 0 Å². The summed E-state index contributed by atoms with van der Waals surface area (Å²) in [5, 5.41) is 10.1. The highest BCUT2D eigenvalue weighted by atomic mass is 16.5. The number of aryl methyl sites for hydroxylation is 2. The topological polar surface area (TPSA) is 55.0 Å². The van der Waals surface area contributed by atoms with Crippen molar-refractivity contribution < 1.29 is 9.53 Å². The monoisotopic (exact) mass is 270 g/mol. The fourth-order valence-electron chi connectivity index (χ4n) is 2.45. The van der Waals surface area contributed by atoms with Crippen molar-refractivity contribution in [2.75, 3.05) is 6.61 Å². The molecule has 0 aliphatic rings. The van der Waals surface area contributed by atoms with Gasteiger partial charge in [0.25, 0.3) is 0 Å². The minimum atomic E-state index is -0.149. The number of hydrogen-bond acceptors (Lipinski definition) is 3. The number of ether oxygens (including phenoxy) is 1. The molecule has 0 bridgehead atoms. The van der Waals surface area contributed by atoms with Crippen LogP contribution >= 0.6 is 0 Å². The lowest BCUT2D eigenvalue weighted by molar-refractivity contribution is -0.143.